The lowest BCUT2D eigenvalue weighted by molar-refractivity contribution is 0.386. The van der Waals surface area contributed by atoms with Gasteiger partial charge in [0.2, 0.25) is 0 Å². The minimum atomic E-state index is 0.241. The number of hydrogen-bond acceptors (Lipinski definition) is 1. The van der Waals surface area contributed by atoms with Crippen molar-refractivity contribution in [3.63, 3.8) is 0 Å². The second kappa shape index (κ2) is 6.87. The average molecular weight is 298 g/mol. The van der Waals surface area contributed by atoms with Gasteiger partial charge in [-0.15, -0.1) is 0 Å². The van der Waals surface area contributed by atoms with Crippen LogP contribution in [0.4, 0.5) is 5.69 Å². The van der Waals surface area contributed by atoms with Gasteiger partial charge in [-0.05, 0) is 48.3 Å². The maximum absolute atomic E-state index is 5.86. The molecule has 1 aromatic carbocycles. The van der Waals surface area contributed by atoms with Crippen LogP contribution in [0.3, 0.4) is 0 Å². The number of anilines is 1. The van der Waals surface area contributed by atoms with E-state index in [-0.39, 0.29) is 5.41 Å². The van der Waals surface area contributed by atoms with Crippen molar-refractivity contribution in [2.75, 3.05) is 5.32 Å². The first-order chi connectivity index (χ1) is 8.76. The summed E-state index contributed by atoms with van der Waals surface area (Å²) in [5.74, 6) is 0.557. The fourth-order valence-electron chi connectivity index (χ4n) is 1.37. The van der Waals surface area contributed by atoms with E-state index in [2.05, 4.69) is 31.1 Å². The van der Waals surface area contributed by atoms with E-state index < -0.39 is 0 Å². The zero-order valence-corrected chi connectivity index (χ0v) is 13.1. The summed E-state index contributed by atoms with van der Waals surface area (Å²) >= 11 is 10.9. The fourth-order valence-corrected chi connectivity index (χ4v) is 1.74. The number of hydrogen-bond donors (Lipinski definition) is 2. The maximum Gasteiger partial charge on any atom is 0.198 e. The second-order valence-corrected chi connectivity index (χ2v) is 6.42. The highest BCUT2D eigenvalue weighted by Gasteiger charge is 2.10. The van der Waals surface area contributed by atoms with E-state index in [0.29, 0.717) is 16.0 Å². The average Bonchev–Trinajstić information content (AvgIpc) is 2.29. The molecule has 0 aliphatic rings. The molecule has 0 saturated carbocycles. The van der Waals surface area contributed by atoms with Crippen molar-refractivity contribution < 1.29 is 0 Å². The number of benzene rings is 1. The number of nitrogens with zero attached hydrogens (tertiary/aromatic N) is 1. The fraction of sp³-hybridized carbons (Fsp3) is 0.429. The molecule has 19 heavy (non-hydrogen) atoms. The van der Waals surface area contributed by atoms with Crippen LogP contribution in [0.2, 0.25) is 5.02 Å². The Labute approximate surface area is 125 Å². The lowest BCUT2D eigenvalue weighted by atomic mass is 9.90. The van der Waals surface area contributed by atoms with Crippen LogP contribution in [0.5, 0.6) is 0 Å². The highest BCUT2D eigenvalue weighted by atomic mass is 35.5. The predicted molar refractivity (Wildman–Crippen MR) is 88.0 cm³/mol. The predicted octanol–water partition coefficient (Wildman–Crippen LogP) is 4.22. The van der Waals surface area contributed by atoms with Gasteiger partial charge >= 0.3 is 0 Å². The van der Waals surface area contributed by atoms with Crippen molar-refractivity contribution in [1.29, 1.82) is 0 Å². The summed E-state index contributed by atoms with van der Waals surface area (Å²) in [6, 6.07) is 7.27. The highest BCUT2D eigenvalue weighted by Crippen LogP contribution is 2.20. The van der Waals surface area contributed by atoms with Gasteiger partial charge in [-0.25, -0.2) is 4.99 Å². The summed E-state index contributed by atoms with van der Waals surface area (Å²) in [7, 11) is 0. The molecular weight excluding hydrogens is 278 g/mol. The van der Waals surface area contributed by atoms with Crippen LogP contribution in [-0.4, -0.2) is 10.9 Å². The van der Waals surface area contributed by atoms with Crippen LogP contribution in [0.15, 0.2) is 29.3 Å². The normalized spacial score (nSPS) is 12.3. The molecule has 0 amide bonds. The smallest absolute Gasteiger partial charge is 0.198 e. The Bertz CT molecular complexity index is 461. The van der Waals surface area contributed by atoms with Gasteiger partial charge in [-0.1, -0.05) is 32.4 Å². The van der Waals surface area contributed by atoms with Crippen LogP contribution in [0.25, 0.3) is 0 Å². The van der Waals surface area contributed by atoms with E-state index in [1.54, 1.807) is 12.1 Å². The van der Waals surface area contributed by atoms with Gasteiger partial charge in [0.1, 0.15) is 5.84 Å². The molecule has 0 atom stereocenters. The van der Waals surface area contributed by atoms with Gasteiger partial charge in [0, 0.05) is 17.1 Å². The number of halogens is 1. The van der Waals surface area contributed by atoms with Crippen LogP contribution < -0.4 is 11.1 Å². The van der Waals surface area contributed by atoms with Gasteiger partial charge in [0.25, 0.3) is 0 Å². The van der Waals surface area contributed by atoms with Gasteiger partial charge in [0.05, 0.1) is 0 Å². The van der Waals surface area contributed by atoms with E-state index in [4.69, 9.17) is 29.6 Å². The molecule has 0 bridgehead atoms. The van der Waals surface area contributed by atoms with Crippen LogP contribution in [0.1, 0.15) is 33.6 Å². The van der Waals surface area contributed by atoms with Crippen molar-refractivity contribution >= 4 is 40.5 Å². The van der Waals surface area contributed by atoms with Gasteiger partial charge in [-0.2, -0.15) is 0 Å². The minimum absolute atomic E-state index is 0.241. The Balaban J connectivity index is 2.52. The summed E-state index contributed by atoms with van der Waals surface area (Å²) in [6.45, 7) is 6.51. The zero-order valence-electron chi connectivity index (χ0n) is 11.5. The SMILES string of the molecule is CC(C)(C)CCC(N)=NC(=S)Nc1ccc(Cl)cc1. The summed E-state index contributed by atoms with van der Waals surface area (Å²) in [6.07, 6.45) is 1.72. The summed E-state index contributed by atoms with van der Waals surface area (Å²) < 4.78 is 0. The molecule has 0 aliphatic heterocycles. The third-order valence-electron chi connectivity index (χ3n) is 2.47. The molecule has 1 rings (SSSR count). The van der Waals surface area contributed by atoms with Crippen molar-refractivity contribution in [2.24, 2.45) is 16.1 Å². The number of thiocarbonyl (C=S) groups is 1. The molecule has 0 radical (unpaired) electrons. The van der Waals surface area contributed by atoms with Gasteiger partial charge in [-0.3, -0.25) is 0 Å². The Kier molecular flexibility index (Phi) is 5.76. The highest BCUT2D eigenvalue weighted by molar-refractivity contribution is 7.80. The summed E-state index contributed by atoms with van der Waals surface area (Å²) in [4.78, 5) is 4.18. The monoisotopic (exact) mass is 297 g/mol. The van der Waals surface area contributed by atoms with Gasteiger partial charge in [0.15, 0.2) is 5.11 Å². The first kappa shape index (κ1) is 15.9. The molecule has 0 aliphatic carbocycles. The lowest BCUT2D eigenvalue weighted by Gasteiger charge is -2.17. The Morgan fingerprint density at radius 3 is 2.42 bits per heavy atom. The van der Waals surface area contributed by atoms with Crippen LogP contribution in [-0.2, 0) is 0 Å². The van der Waals surface area contributed by atoms with E-state index in [9.17, 15) is 0 Å². The van der Waals surface area contributed by atoms with E-state index >= 15 is 0 Å². The Morgan fingerprint density at radius 1 is 1.32 bits per heavy atom. The van der Waals surface area contributed by atoms with E-state index in [1.165, 1.54) is 0 Å². The van der Waals surface area contributed by atoms with Crippen molar-refractivity contribution in [1.82, 2.24) is 0 Å². The zero-order chi connectivity index (χ0) is 14.5. The second-order valence-electron chi connectivity index (χ2n) is 5.60. The molecular formula is C14H20ClN3S. The Morgan fingerprint density at radius 2 is 1.89 bits per heavy atom. The molecule has 0 unspecified atom stereocenters. The minimum Gasteiger partial charge on any atom is -0.387 e. The molecule has 1 aromatic rings. The van der Waals surface area contributed by atoms with Crippen molar-refractivity contribution in [3.05, 3.63) is 29.3 Å². The molecule has 3 N–H and O–H groups in total. The third-order valence-corrected chi connectivity index (χ3v) is 2.92. The molecule has 5 heteroatoms. The van der Waals surface area contributed by atoms with E-state index in [0.717, 1.165) is 18.5 Å². The largest absolute Gasteiger partial charge is 0.387 e. The summed E-state index contributed by atoms with van der Waals surface area (Å²) in [5, 5.41) is 4.06. The van der Waals surface area contributed by atoms with Gasteiger partial charge < -0.3 is 11.1 Å². The number of nitrogens with two attached hydrogens (primary N) is 1. The van der Waals surface area contributed by atoms with Crippen molar-refractivity contribution in [3.8, 4) is 0 Å². The first-order valence-electron chi connectivity index (χ1n) is 6.16. The number of aliphatic imine (C=N–C) groups is 1. The Hall–Kier alpha value is -1.13. The molecule has 0 aromatic heterocycles. The van der Waals surface area contributed by atoms with Crippen molar-refractivity contribution in [2.45, 2.75) is 33.6 Å². The third kappa shape index (κ3) is 7.13. The maximum atomic E-state index is 5.86. The van der Waals surface area contributed by atoms with Crippen LogP contribution in [0, 0.1) is 5.41 Å². The number of amidine groups is 1. The number of rotatable bonds is 3. The standard InChI is InChI=1S/C14H20ClN3S/c1-14(2,3)9-8-12(16)18-13(19)17-11-6-4-10(15)5-7-11/h4-7H,8-9H2,1-3H3,(H3,16,17,18,19). The molecule has 0 fully saturated rings. The molecule has 0 spiro atoms. The quantitative estimate of drug-likeness (QED) is 0.499. The lowest BCUT2D eigenvalue weighted by Crippen LogP contribution is -2.19. The molecule has 0 heterocycles. The summed E-state index contributed by atoms with van der Waals surface area (Å²) in [5.41, 5.74) is 6.95. The van der Waals surface area contributed by atoms with E-state index in [1.807, 2.05) is 12.1 Å². The molecule has 104 valence electrons. The molecule has 0 saturated heterocycles. The first-order valence-corrected chi connectivity index (χ1v) is 6.94. The molecule has 3 nitrogen and oxygen atoms in total. The van der Waals surface area contributed by atoms with Crippen LogP contribution >= 0.6 is 23.8 Å². The topological polar surface area (TPSA) is 50.4 Å². The number of nitrogens with one attached hydrogen (secondary N) is 1.